The third kappa shape index (κ3) is 6.04. The summed E-state index contributed by atoms with van der Waals surface area (Å²) in [6, 6.07) is 9.11. The number of hydrogen-bond acceptors (Lipinski definition) is 9. The summed E-state index contributed by atoms with van der Waals surface area (Å²) in [7, 11) is 0. The van der Waals surface area contributed by atoms with E-state index in [9.17, 15) is 9.90 Å². The number of aliphatic hydroxyl groups excluding tert-OH is 1. The van der Waals surface area contributed by atoms with Crippen molar-refractivity contribution >= 4 is 40.9 Å². The summed E-state index contributed by atoms with van der Waals surface area (Å²) in [4.78, 5) is 30.5. The fourth-order valence-electron chi connectivity index (χ4n) is 4.46. The lowest BCUT2D eigenvalue weighted by Gasteiger charge is -2.34. The molecule has 5 rings (SSSR count). The average Bonchev–Trinajstić information content (AvgIpc) is 3.15. The molecule has 11 heteroatoms. The number of hydrogen-bond donors (Lipinski definition) is 3. The number of carbonyl (C=O) groups is 1. The largest absolute Gasteiger partial charge is 0.454 e. The third-order valence-corrected chi connectivity index (χ3v) is 6.84. The van der Waals surface area contributed by atoms with E-state index in [1.165, 1.54) is 6.33 Å². The van der Waals surface area contributed by atoms with Crippen LogP contribution >= 0.6 is 11.6 Å². The van der Waals surface area contributed by atoms with Gasteiger partial charge in [-0.15, -0.1) is 0 Å². The fraction of sp³-hybridized carbons (Fsp3) is 0.333. The number of nitrogens with zero attached hydrogens (tertiary/aromatic N) is 5. The molecule has 198 valence electrons. The Morgan fingerprint density at radius 3 is 2.74 bits per heavy atom. The van der Waals surface area contributed by atoms with E-state index < -0.39 is 0 Å². The van der Waals surface area contributed by atoms with Gasteiger partial charge in [-0.05, 0) is 49.8 Å². The number of aryl methyl sites for hydroxylation is 1. The van der Waals surface area contributed by atoms with Crippen molar-refractivity contribution in [3.8, 4) is 11.5 Å². The summed E-state index contributed by atoms with van der Waals surface area (Å²) in [5.41, 5.74) is 3.05. The fourth-order valence-corrected chi connectivity index (χ4v) is 4.68. The molecule has 0 radical (unpaired) electrons. The lowest BCUT2D eigenvalue weighted by atomic mass is 10.1. The van der Waals surface area contributed by atoms with Gasteiger partial charge in [-0.25, -0.2) is 9.97 Å². The number of halogens is 1. The predicted molar refractivity (Wildman–Crippen MR) is 147 cm³/mol. The molecule has 0 saturated carbocycles. The summed E-state index contributed by atoms with van der Waals surface area (Å²) < 4.78 is 5.87. The van der Waals surface area contributed by atoms with Crippen LogP contribution in [0, 0.1) is 6.92 Å². The highest BCUT2D eigenvalue weighted by Gasteiger charge is 2.25. The van der Waals surface area contributed by atoms with Gasteiger partial charge in [0.15, 0.2) is 0 Å². The van der Waals surface area contributed by atoms with Crippen LogP contribution in [0.3, 0.4) is 0 Å². The molecule has 1 aromatic carbocycles. The van der Waals surface area contributed by atoms with Crippen LogP contribution in [0.25, 0.3) is 6.08 Å². The van der Waals surface area contributed by atoms with Gasteiger partial charge in [-0.1, -0.05) is 11.6 Å². The van der Waals surface area contributed by atoms with Crippen LogP contribution in [-0.4, -0.2) is 81.6 Å². The zero-order chi connectivity index (χ0) is 26.5. The summed E-state index contributed by atoms with van der Waals surface area (Å²) in [6.45, 7) is 6.05. The molecule has 4 heterocycles. The van der Waals surface area contributed by atoms with Crippen molar-refractivity contribution in [2.24, 2.45) is 0 Å². The monoisotopic (exact) mass is 535 g/mol. The maximum absolute atomic E-state index is 13.4. The van der Waals surface area contributed by atoms with E-state index in [-0.39, 0.29) is 12.5 Å². The van der Waals surface area contributed by atoms with Crippen molar-refractivity contribution in [1.82, 2.24) is 24.8 Å². The van der Waals surface area contributed by atoms with Crippen LogP contribution in [0.15, 0.2) is 48.4 Å². The number of benzene rings is 1. The first kappa shape index (κ1) is 25.9. The molecule has 0 aliphatic carbocycles. The summed E-state index contributed by atoms with van der Waals surface area (Å²) in [5, 5.41) is 16.2. The molecular weight excluding hydrogens is 506 g/mol. The van der Waals surface area contributed by atoms with Crippen molar-refractivity contribution in [3.63, 3.8) is 0 Å². The molecule has 0 bridgehead atoms. The highest BCUT2D eigenvalue weighted by molar-refractivity contribution is 6.32. The molecule has 3 N–H and O–H groups in total. The first-order valence-corrected chi connectivity index (χ1v) is 13.0. The van der Waals surface area contributed by atoms with Crippen LogP contribution in [0.2, 0.25) is 5.02 Å². The highest BCUT2D eigenvalue weighted by Crippen LogP contribution is 2.34. The van der Waals surface area contributed by atoms with Gasteiger partial charge in [0.05, 0.1) is 23.4 Å². The Kier molecular flexibility index (Phi) is 8.02. The van der Waals surface area contributed by atoms with Gasteiger partial charge in [0, 0.05) is 56.2 Å². The number of pyridine rings is 1. The van der Waals surface area contributed by atoms with E-state index in [2.05, 4.69) is 30.5 Å². The van der Waals surface area contributed by atoms with Gasteiger partial charge in [0.2, 0.25) is 5.91 Å². The second kappa shape index (κ2) is 11.8. The van der Waals surface area contributed by atoms with E-state index in [1.807, 2.05) is 36.1 Å². The number of amides is 1. The number of β-amino-alcohol motifs (C(OH)–C–C–N with tert-alkyl or cyclic N) is 1. The quantitative estimate of drug-likeness (QED) is 0.416. The third-order valence-electron chi connectivity index (χ3n) is 6.55. The van der Waals surface area contributed by atoms with Crippen molar-refractivity contribution in [1.29, 1.82) is 0 Å². The molecule has 3 aromatic rings. The molecule has 2 aromatic heterocycles. The van der Waals surface area contributed by atoms with Gasteiger partial charge in [-0.2, -0.15) is 0 Å². The Labute approximate surface area is 226 Å². The van der Waals surface area contributed by atoms with Crippen LogP contribution < -0.4 is 15.4 Å². The molecule has 10 nitrogen and oxygen atoms in total. The zero-order valence-electron chi connectivity index (χ0n) is 21.2. The SMILES string of the molecule is Cc1ccc(Oc2ccc(Nc3ncnc4c3C=C(C(=O)N3CCN(CCO)CC3)CCN4)cc2Cl)cn1. The Bertz CT molecular complexity index is 1320. The molecule has 1 saturated heterocycles. The molecule has 2 aliphatic rings. The lowest BCUT2D eigenvalue weighted by Crippen LogP contribution is -2.49. The molecule has 0 spiro atoms. The van der Waals surface area contributed by atoms with Crippen molar-refractivity contribution in [2.75, 3.05) is 56.5 Å². The number of piperazine rings is 1. The summed E-state index contributed by atoms with van der Waals surface area (Å²) in [6.07, 6.45) is 5.60. The highest BCUT2D eigenvalue weighted by atomic mass is 35.5. The van der Waals surface area contributed by atoms with Crippen LogP contribution in [0.1, 0.15) is 17.7 Å². The minimum absolute atomic E-state index is 0.0215. The number of aromatic nitrogens is 3. The molecule has 38 heavy (non-hydrogen) atoms. The predicted octanol–water partition coefficient (Wildman–Crippen LogP) is 3.70. The molecule has 0 unspecified atom stereocenters. The Morgan fingerprint density at radius 1 is 1.16 bits per heavy atom. The minimum Gasteiger partial charge on any atom is -0.454 e. The van der Waals surface area contributed by atoms with Crippen LogP contribution in [0.4, 0.5) is 17.3 Å². The Hall–Kier alpha value is -3.73. The first-order valence-electron chi connectivity index (χ1n) is 12.6. The normalized spacial score (nSPS) is 15.7. The molecule has 1 fully saturated rings. The lowest BCUT2D eigenvalue weighted by molar-refractivity contribution is -0.128. The van der Waals surface area contributed by atoms with Crippen molar-refractivity contribution in [3.05, 3.63) is 64.7 Å². The van der Waals surface area contributed by atoms with E-state index in [0.717, 1.165) is 30.0 Å². The van der Waals surface area contributed by atoms with Crippen LogP contribution in [-0.2, 0) is 4.79 Å². The van der Waals surface area contributed by atoms with Crippen LogP contribution in [0.5, 0.6) is 11.5 Å². The van der Waals surface area contributed by atoms with E-state index in [0.29, 0.717) is 66.3 Å². The number of ether oxygens (including phenoxy) is 1. The smallest absolute Gasteiger partial charge is 0.249 e. The van der Waals surface area contributed by atoms with Gasteiger partial charge in [-0.3, -0.25) is 14.7 Å². The number of aliphatic hydroxyl groups is 1. The minimum atomic E-state index is 0.0215. The maximum atomic E-state index is 13.4. The van der Waals surface area contributed by atoms with Gasteiger partial charge in [0.1, 0.15) is 29.5 Å². The number of anilines is 3. The van der Waals surface area contributed by atoms with E-state index in [4.69, 9.17) is 16.3 Å². The van der Waals surface area contributed by atoms with E-state index >= 15 is 0 Å². The van der Waals surface area contributed by atoms with Gasteiger partial charge in [0.25, 0.3) is 0 Å². The number of carbonyl (C=O) groups excluding carboxylic acids is 1. The second-order valence-corrected chi connectivity index (χ2v) is 9.60. The van der Waals surface area contributed by atoms with Crippen molar-refractivity contribution < 1.29 is 14.6 Å². The summed E-state index contributed by atoms with van der Waals surface area (Å²) in [5.74, 6) is 2.36. The standard InChI is InChI=1S/C27H30ClN7O3/c1-18-2-4-21(16-30-18)38-24-5-3-20(15-23(24)28)33-26-22-14-19(6-7-29-25(22)31-17-32-26)27(37)35-10-8-34(9-11-35)12-13-36/h2-5,14-17,36H,6-13H2,1H3,(H2,29,31,32,33). The molecule has 1 amide bonds. The van der Waals surface area contributed by atoms with Crippen molar-refractivity contribution in [2.45, 2.75) is 13.3 Å². The second-order valence-electron chi connectivity index (χ2n) is 9.20. The number of fused-ring (bicyclic) bond motifs is 1. The average molecular weight is 536 g/mol. The summed E-state index contributed by atoms with van der Waals surface area (Å²) >= 11 is 6.52. The van der Waals surface area contributed by atoms with Gasteiger partial charge < -0.3 is 25.4 Å². The Balaban J connectivity index is 1.33. The first-order chi connectivity index (χ1) is 18.5. The molecular formula is C27H30ClN7O3. The molecule has 2 aliphatic heterocycles. The maximum Gasteiger partial charge on any atom is 0.249 e. The van der Waals surface area contributed by atoms with E-state index in [1.54, 1.807) is 18.3 Å². The van der Waals surface area contributed by atoms with Gasteiger partial charge >= 0.3 is 0 Å². The Morgan fingerprint density at radius 2 is 2.00 bits per heavy atom. The topological polar surface area (TPSA) is 116 Å². The number of rotatable bonds is 7. The molecule has 0 atom stereocenters. The zero-order valence-corrected chi connectivity index (χ0v) is 21.9. The number of nitrogens with one attached hydrogen (secondary N) is 2.